The van der Waals surface area contributed by atoms with Crippen molar-refractivity contribution in [3.05, 3.63) is 41.7 Å². The molecule has 6 heteroatoms. The summed E-state index contributed by atoms with van der Waals surface area (Å²) in [7, 11) is 1.29. The second-order valence-electron chi connectivity index (χ2n) is 4.78. The van der Waals surface area contributed by atoms with E-state index in [0.717, 1.165) is 25.3 Å². The van der Waals surface area contributed by atoms with E-state index in [4.69, 9.17) is 14.7 Å². The third-order valence-electron chi connectivity index (χ3n) is 3.24. The molecule has 1 aliphatic rings. The van der Waals surface area contributed by atoms with Crippen molar-refractivity contribution in [3.63, 3.8) is 0 Å². The summed E-state index contributed by atoms with van der Waals surface area (Å²) in [4.78, 5) is 13.2. The van der Waals surface area contributed by atoms with Crippen molar-refractivity contribution >= 4 is 6.16 Å². The molecule has 2 rings (SSSR count). The second-order valence-corrected chi connectivity index (χ2v) is 4.78. The zero-order chi connectivity index (χ0) is 15.8. The van der Waals surface area contributed by atoms with Crippen molar-refractivity contribution in [2.45, 2.75) is 6.42 Å². The third-order valence-corrected chi connectivity index (χ3v) is 3.24. The Hall–Kier alpha value is -2.52. The summed E-state index contributed by atoms with van der Waals surface area (Å²) in [5.74, 6) is 1.34. The second kappa shape index (κ2) is 8.05. The molecule has 6 nitrogen and oxygen atoms in total. The van der Waals surface area contributed by atoms with Crippen LogP contribution in [0, 0.1) is 11.3 Å². The van der Waals surface area contributed by atoms with E-state index in [1.807, 2.05) is 6.08 Å². The number of methoxy groups -OCH3 is 1. The van der Waals surface area contributed by atoms with Crippen molar-refractivity contribution in [1.82, 2.24) is 4.90 Å². The topological polar surface area (TPSA) is 71.8 Å². The van der Waals surface area contributed by atoms with Gasteiger partial charge >= 0.3 is 6.16 Å². The van der Waals surface area contributed by atoms with Gasteiger partial charge in [-0.3, -0.25) is 4.90 Å². The highest BCUT2D eigenvalue weighted by molar-refractivity contribution is 5.61. The number of benzene rings is 1. The van der Waals surface area contributed by atoms with Gasteiger partial charge in [-0.1, -0.05) is 0 Å². The van der Waals surface area contributed by atoms with E-state index < -0.39 is 6.16 Å². The van der Waals surface area contributed by atoms with Crippen LogP contribution in [0.1, 0.15) is 12.0 Å². The van der Waals surface area contributed by atoms with E-state index >= 15 is 0 Å². The highest BCUT2D eigenvalue weighted by atomic mass is 16.7. The molecule has 1 aromatic carbocycles. The van der Waals surface area contributed by atoms with Gasteiger partial charge in [-0.2, -0.15) is 5.26 Å². The summed E-state index contributed by atoms with van der Waals surface area (Å²) in [6.07, 6.45) is 2.03. The molecular formula is C16H18N2O4. The number of hydrogen-bond donors (Lipinski definition) is 0. The molecule has 0 N–H and O–H groups in total. The summed E-state index contributed by atoms with van der Waals surface area (Å²) < 4.78 is 15.2. The van der Waals surface area contributed by atoms with Crippen LogP contribution in [0.2, 0.25) is 0 Å². The first-order valence-corrected chi connectivity index (χ1v) is 7.01. The average molecular weight is 302 g/mol. The molecule has 0 aliphatic carbocycles. The lowest BCUT2D eigenvalue weighted by Crippen LogP contribution is -2.34. The minimum absolute atomic E-state index is 0.525. The van der Waals surface area contributed by atoms with E-state index in [1.165, 1.54) is 7.11 Å². The van der Waals surface area contributed by atoms with Crippen molar-refractivity contribution in [3.8, 4) is 11.8 Å². The van der Waals surface area contributed by atoms with Gasteiger partial charge < -0.3 is 14.2 Å². The van der Waals surface area contributed by atoms with Gasteiger partial charge in [0.15, 0.2) is 0 Å². The van der Waals surface area contributed by atoms with Crippen LogP contribution < -0.4 is 4.74 Å². The maximum absolute atomic E-state index is 11.1. The first kappa shape index (κ1) is 15.9. The first-order chi connectivity index (χ1) is 10.7. The maximum Gasteiger partial charge on any atom is 0.513 e. The summed E-state index contributed by atoms with van der Waals surface area (Å²) in [5, 5.41) is 8.73. The van der Waals surface area contributed by atoms with Crippen molar-refractivity contribution in [1.29, 1.82) is 5.26 Å². The van der Waals surface area contributed by atoms with E-state index in [-0.39, 0.29) is 0 Å². The lowest BCUT2D eigenvalue weighted by atomic mass is 10.2. The summed E-state index contributed by atoms with van der Waals surface area (Å²) in [6.45, 7) is 2.70. The Bertz CT molecular complexity index is 575. The Kier molecular flexibility index (Phi) is 5.81. The van der Waals surface area contributed by atoms with Gasteiger partial charge in [0.1, 0.15) is 18.1 Å². The number of hydrogen-bond acceptors (Lipinski definition) is 6. The fourth-order valence-electron chi connectivity index (χ4n) is 2.10. The largest absolute Gasteiger partial charge is 0.513 e. The van der Waals surface area contributed by atoms with Gasteiger partial charge in [0.2, 0.25) is 0 Å². The van der Waals surface area contributed by atoms with Gasteiger partial charge in [-0.15, -0.1) is 0 Å². The molecule has 0 amide bonds. The van der Waals surface area contributed by atoms with Crippen LogP contribution in [0.15, 0.2) is 36.1 Å². The molecule has 1 heterocycles. The minimum atomic E-state index is -0.693. The SMILES string of the molecule is COC(=O)OC1=CCCN(CCOc2ccc(C#N)cc2)C1. The van der Waals surface area contributed by atoms with Gasteiger partial charge in [0.05, 0.1) is 25.3 Å². The Morgan fingerprint density at radius 1 is 1.36 bits per heavy atom. The average Bonchev–Trinajstić information content (AvgIpc) is 2.56. The summed E-state index contributed by atoms with van der Waals surface area (Å²) in [6, 6.07) is 9.07. The van der Waals surface area contributed by atoms with Crippen molar-refractivity contribution in [2.24, 2.45) is 0 Å². The van der Waals surface area contributed by atoms with Crippen LogP contribution in [0.4, 0.5) is 4.79 Å². The van der Waals surface area contributed by atoms with Crippen LogP contribution in [0.25, 0.3) is 0 Å². The third kappa shape index (κ3) is 4.79. The Morgan fingerprint density at radius 3 is 2.82 bits per heavy atom. The van der Waals surface area contributed by atoms with Crippen LogP contribution in [-0.4, -0.2) is 44.4 Å². The molecular weight excluding hydrogens is 284 g/mol. The van der Waals surface area contributed by atoms with E-state index in [9.17, 15) is 4.79 Å². The van der Waals surface area contributed by atoms with Gasteiger partial charge in [-0.05, 0) is 36.8 Å². The fourth-order valence-corrected chi connectivity index (χ4v) is 2.10. The number of nitrogens with zero attached hydrogens (tertiary/aromatic N) is 2. The molecule has 1 aliphatic heterocycles. The standard InChI is InChI=1S/C16H18N2O4/c1-20-16(19)22-15-3-2-8-18(12-15)9-10-21-14-6-4-13(11-17)5-7-14/h3-7H,2,8-10,12H2,1H3. The molecule has 0 atom stereocenters. The Morgan fingerprint density at radius 2 is 2.14 bits per heavy atom. The molecule has 0 unspecified atom stereocenters. The van der Waals surface area contributed by atoms with Gasteiger partial charge in [0.25, 0.3) is 0 Å². The predicted molar refractivity (Wildman–Crippen MR) is 79.3 cm³/mol. The molecule has 0 spiro atoms. The summed E-state index contributed by atoms with van der Waals surface area (Å²) in [5.41, 5.74) is 0.609. The van der Waals surface area contributed by atoms with Crippen LogP contribution in [-0.2, 0) is 9.47 Å². The fraction of sp³-hybridized carbons (Fsp3) is 0.375. The van der Waals surface area contributed by atoms with E-state index in [1.54, 1.807) is 24.3 Å². The number of carbonyl (C=O) groups excluding carboxylic acids is 1. The molecule has 22 heavy (non-hydrogen) atoms. The zero-order valence-corrected chi connectivity index (χ0v) is 12.4. The van der Waals surface area contributed by atoms with Crippen LogP contribution >= 0.6 is 0 Å². The molecule has 0 radical (unpaired) electrons. The smallest absolute Gasteiger partial charge is 0.492 e. The monoisotopic (exact) mass is 302 g/mol. The minimum Gasteiger partial charge on any atom is -0.492 e. The lowest BCUT2D eigenvalue weighted by Gasteiger charge is -2.26. The molecule has 1 aromatic rings. The van der Waals surface area contributed by atoms with Crippen LogP contribution in [0.3, 0.4) is 0 Å². The lowest BCUT2D eigenvalue weighted by molar-refractivity contribution is 0.0859. The zero-order valence-electron chi connectivity index (χ0n) is 12.4. The normalized spacial score (nSPS) is 14.6. The van der Waals surface area contributed by atoms with Gasteiger partial charge in [0, 0.05) is 13.1 Å². The molecule has 0 aromatic heterocycles. The molecule has 0 bridgehead atoms. The maximum atomic E-state index is 11.1. The van der Waals surface area contributed by atoms with Crippen molar-refractivity contribution < 1.29 is 19.0 Å². The molecule has 0 saturated heterocycles. The number of ether oxygens (including phenoxy) is 3. The number of rotatable bonds is 5. The number of nitriles is 1. The van der Waals surface area contributed by atoms with Crippen molar-refractivity contribution in [2.75, 3.05) is 33.4 Å². The number of carbonyl (C=O) groups is 1. The van der Waals surface area contributed by atoms with E-state index in [0.29, 0.717) is 24.5 Å². The van der Waals surface area contributed by atoms with Crippen LogP contribution in [0.5, 0.6) is 5.75 Å². The molecule has 116 valence electrons. The highest BCUT2D eigenvalue weighted by Crippen LogP contribution is 2.13. The Balaban J connectivity index is 1.74. The summed E-state index contributed by atoms with van der Waals surface area (Å²) >= 11 is 0. The first-order valence-electron chi connectivity index (χ1n) is 7.01. The molecule has 0 saturated carbocycles. The molecule has 0 fully saturated rings. The van der Waals surface area contributed by atoms with Gasteiger partial charge in [-0.25, -0.2) is 4.79 Å². The Labute approximate surface area is 129 Å². The van der Waals surface area contributed by atoms with E-state index in [2.05, 4.69) is 15.7 Å². The predicted octanol–water partition coefficient (Wildman–Crippen LogP) is 2.31. The quantitative estimate of drug-likeness (QED) is 0.777. The highest BCUT2D eigenvalue weighted by Gasteiger charge is 2.16.